The van der Waals surface area contributed by atoms with Crippen molar-refractivity contribution in [3.8, 4) is 0 Å². The first kappa shape index (κ1) is 12.4. The molecule has 4 rings (SSSR count). The molecule has 2 aromatic heterocycles. The van der Waals surface area contributed by atoms with Crippen molar-refractivity contribution in [3.05, 3.63) is 59.0 Å². The highest BCUT2D eigenvalue weighted by Gasteiger charge is 2.09. The quantitative estimate of drug-likeness (QED) is 0.529. The van der Waals surface area contributed by atoms with E-state index in [0.29, 0.717) is 5.65 Å². The molecule has 0 amide bonds. The maximum absolute atomic E-state index is 12.1. The van der Waals surface area contributed by atoms with Crippen molar-refractivity contribution in [2.75, 3.05) is 0 Å². The molecule has 2 heterocycles. The Morgan fingerprint density at radius 3 is 2.60 bits per heavy atom. The van der Waals surface area contributed by atoms with E-state index in [2.05, 4.69) is 9.97 Å². The molecular formula is C16H17N3O. The third-order valence-electron chi connectivity index (χ3n) is 3.17. The Hall–Kier alpha value is -2.62. The van der Waals surface area contributed by atoms with Gasteiger partial charge in [0.05, 0.1) is 16.6 Å². The van der Waals surface area contributed by atoms with Gasteiger partial charge < -0.3 is 4.98 Å². The van der Waals surface area contributed by atoms with Crippen LogP contribution in [-0.2, 0) is 0 Å². The molecule has 0 aliphatic heterocycles. The highest BCUT2D eigenvalue weighted by atomic mass is 16.1. The standard InChI is InChI=1S/C14H9N3O.C2H6.H2/c18-14-16-10-6-2-1-5-9(10)13-15-11-7-3-4-8-12(11)17(13)14;1-2;/h1-8H,(H,16,18);1-2H3;1H. The highest BCUT2D eigenvalue weighted by Crippen LogP contribution is 2.20. The molecule has 20 heavy (non-hydrogen) atoms. The number of benzene rings is 2. The SMILES string of the molecule is CC.O=c1[nH]c2ccccc2c2nc3ccccc3n12.[HH]. The van der Waals surface area contributed by atoms with Gasteiger partial charge in [-0.2, -0.15) is 0 Å². The number of nitrogens with zero attached hydrogens (tertiary/aromatic N) is 2. The van der Waals surface area contributed by atoms with Crippen LogP contribution in [0.5, 0.6) is 0 Å². The number of aromatic nitrogens is 3. The predicted octanol–water partition coefficient (Wildman–Crippen LogP) is 3.60. The van der Waals surface area contributed by atoms with Crippen LogP contribution in [0.2, 0.25) is 0 Å². The summed E-state index contributed by atoms with van der Waals surface area (Å²) >= 11 is 0. The largest absolute Gasteiger partial charge is 0.332 e. The number of rotatable bonds is 0. The van der Waals surface area contributed by atoms with Crippen molar-refractivity contribution in [1.29, 1.82) is 0 Å². The third kappa shape index (κ3) is 1.69. The molecule has 4 aromatic rings. The molecule has 0 unspecified atom stereocenters. The maximum Gasteiger partial charge on any atom is 0.332 e. The van der Waals surface area contributed by atoms with Gasteiger partial charge in [-0.25, -0.2) is 14.2 Å². The molecule has 102 valence electrons. The summed E-state index contributed by atoms with van der Waals surface area (Å²) < 4.78 is 1.62. The van der Waals surface area contributed by atoms with E-state index >= 15 is 0 Å². The number of H-pyrrole nitrogens is 1. The molecule has 0 saturated carbocycles. The Bertz CT molecular complexity index is 956. The molecule has 0 atom stereocenters. The van der Waals surface area contributed by atoms with E-state index < -0.39 is 0 Å². The van der Waals surface area contributed by atoms with E-state index in [4.69, 9.17) is 0 Å². The lowest BCUT2D eigenvalue weighted by atomic mass is 10.2. The van der Waals surface area contributed by atoms with Crippen molar-refractivity contribution >= 4 is 27.6 Å². The van der Waals surface area contributed by atoms with Crippen molar-refractivity contribution in [3.63, 3.8) is 0 Å². The Labute approximate surface area is 117 Å². The Morgan fingerprint density at radius 1 is 1.05 bits per heavy atom. The fraction of sp³-hybridized carbons (Fsp3) is 0.125. The zero-order chi connectivity index (χ0) is 14.1. The minimum Gasteiger partial charge on any atom is -0.306 e. The molecule has 0 aliphatic rings. The third-order valence-corrected chi connectivity index (χ3v) is 3.17. The topological polar surface area (TPSA) is 50.2 Å². The van der Waals surface area contributed by atoms with E-state index in [1.165, 1.54) is 0 Å². The number of fused-ring (bicyclic) bond motifs is 5. The summed E-state index contributed by atoms with van der Waals surface area (Å²) in [5.41, 5.74) is 3.03. The van der Waals surface area contributed by atoms with Crippen LogP contribution in [0, 0.1) is 0 Å². The van der Waals surface area contributed by atoms with Gasteiger partial charge in [-0.3, -0.25) is 0 Å². The van der Waals surface area contributed by atoms with E-state index in [9.17, 15) is 4.79 Å². The van der Waals surface area contributed by atoms with E-state index in [1.54, 1.807) is 4.40 Å². The summed E-state index contributed by atoms with van der Waals surface area (Å²) in [6, 6.07) is 15.3. The smallest absolute Gasteiger partial charge is 0.306 e. The van der Waals surface area contributed by atoms with Gasteiger partial charge in [-0.05, 0) is 24.3 Å². The number of nitrogens with one attached hydrogen (secondary N) is 1. The van der Waals surface area contributed by atoms with E-state index in [1.807, 2.05) is 62.4 Å². The van der Waals surface area contributed by atoms with E-state index in [-0.39, 0.29) is 7.12 Å². The number of hydrogen-bond donors (Lipinski definition) is 1. The molecule has 0 fully saturated rings. The van der Waals surface area contributed by atoms with Gasteiger partial charge in [0.25, 0.3) is 0 Å². The number of hydrogen-bond acceptors (Lipinski definition) is 2. The van der Waals surface area contributed by atoms with Gasteiger partial charge in [0, 0.05) is 6.81 Å². The number of imidazole rings is 1. The fourth-order valence-corrected chi connectivity index (χ4v) is 2.37. The van der Waals surface area contributed by atoms with Crippen LogP contribution < -0.4 is 5.69 Å². The van der Waals surface area contributed by atoms with Gasteiger partial charge in [-0.1, -0.05) is 38.1 Å². The van der Waals surface area contributed by atoms with Gasteiger partial charge >= 0.3 is 5.69 Å². The summed E-state index contributed by atoms with van der Waals surface area (Å²) in [7, 11) is 0. The molecule has 0 saturated heterocycles. The predicted molar refractivity (Wildman–Crippen MR) is 84.3 cm³/mol. The summed E-state index contributed by atoms with van der Waals surface area (Å²) in [5, 5.41) is 0.952. The summed E-state index contributed by atoms with van der Waals surface area (Å²) in [4.78, 5) is 19.6. The number of para-hydroxylation sites is 3. The summed E-state index contributed by atoms with van der Waals surface area (Å²) in [5.74, 6) is 0. The number of aromatic amines is 1. The Balaban J connectivity index is 0.000000517. The Kier molecular flexibility index (Phi) is 2.99. The molecule has 2 aromatic carbocycles. The highest BCUT2D eigenvalue weighted by molar-refractivity contribution is 5.95. The molecule has 0 spiro atoms. The normalized spacial score (nSPS) is 10.7. The first-order chi connectivity index (χ1) is 9.84. The molecule has 4 nitrogen and oxygen atoms in total. The average molecular weight is 267 g/mol. The lowest BCUT2D eigenvalue weighted by Gasteiger charge is -1.99. The monoisotopic (exact) mass is 267 g/mol. The van der Waals surface area contributed by atoms with Crippen LogP contribution in [0.3, 0.4) is 0 Å². The zero-order valence-corrected chi connectivity index (χ0v) is 11.4. The molecule has 1 N–H and O–H groups in total. The molecule has 0 radical (unpaired) electrons. The average Bonchev–Trinajstić information content (AvgIpc) is 2.90. The minimum absolute atomic E-state index is 0. The second-order valence-electron chi connectivity index (χ2n) is 4.24. The van der Waals surface area contributed by atoms with Crippen LogP contribution in [0.4, 0.5) is 0 Å². The van der Waals surface area contributed by atoms with Gasteiger partial charge in [0.2, 0.25) is 0 Å². The van der Waals surface area contributed by atoms with Crippen molar-refractivity contribution in [2.45, 2.75) is 13.8 Å². The first-order valence-corrected chi connectivity index (χ1v) is 6.73. The van der Waals surface area contributed by atoms with Crippen molar-refractivity contribution < 1.29 is 1.43 Å². The van der Waals surface area contributed by atoms with Crippen LogP contribution >= 0.6 is 0 Å². The summed E-state index contributed by atoms with van der Waals surface area (Å²) in [6.45, 7) is 4.00. The first-order valence-electron chi connectivity index (χ1n) is 6.73. The maximum atomic E-state index is 12.1. The molecule has 4 heteroatoms. The Morgan fingerprint density at radius 2 is 1.75 bits per heavy atom. The van der Waals surface area contributed by atoms with Crippen LogP contribution in [0.25, 0.3) is 27.6 Å². The molecule has 0 bridgehead atoms. The molecular weight excluding hydrogens is 250 g/mol. The van der Waals surface area contributed by atoms with Crippen LogP contribution in [0.15, 0.2) is 53.3 Å². The minimum atomic E-state index is -0.155. The van der Waals surface area contributed by atoms with Crippen LogP contribution in [-0.4, -0.2) is 14.4 Å². The fourth-order valence-electron chi connectivity index (χ4n) is 2.37. The van der Waals surface area contributed by atoms with Crippen molar-refractivity contribution in [2.24, 2.45) is 0 Å². The zero-order valence-electron chi connectivity index (χ0n) is 11.4. The van der Waals surface area contributed by atoms with Crippen LogP contribution in [0.1, 0.15) is 15.3 Å². The van der Waals surface area contributed by atoms with Gasteiger partial charge in [0.1, 0.15) is 0 Å². The van der Waals surface area contributed by atoms with E-state index in [0.717, 1.165) is 21.9 Å². The second-order valence-corrected chi connectivity index (χ2v) is 4.24. The second kappa shape index (κ2) is 4.81. The lowest BCUT2D eigenvalue weighted by Crippen LogP contribution is -2.15. The van der Waals surface area contributed by atoms with Gasteiger partial charge in [0.15, 0.2) is 5.65 Å². The van der Waals surface area contributed by atoms with Gasteiger partial charge in [-0.15, -0.1) is 0 Å². The molecule has 0 aliphatic carbocycles. The summed E-state index contributed by atoms with van der Waals surface area (Å²) in [6.07, 6.45) is 0. The lowest BCUT2D eigenvalue weighted by molar-refractivity contribution is 1.06. The van der Waals surface area contributed by atoms with Crippen molar-refractivity contribution in [1.82, 2.24) is 14.4 Å².